The van der Waals surface area contributed by atoms with Gasteiger partial charge in [-0.2, -0.15) is 0 Å². The number of amides is 1. The Morgan fingerprint density at radius 1 is 1.32 bits per heavy atom. The van der Waals surface area contributed by atoms with E-state index < -0.39 is 33.3 Å². The zero-order valence-corrected chi connectivity index (χ0v) is 14.9. The quantitative estimate of drug-likeness (QED) is 0.793. The van der Waals surface area contributed by atoms with E-state index in [1.165, 1.54) is 18.2 Å². The second kappa shape index (κ2) is 8.11. The number of ether oxygens (including phenoxy) is 1. The van der Waals surface area contributed by atoms with Gasteiger partial charge in [0.2, 0.25) is 0 Å². The van der Waals surface area contributed by atoms with Crippen LogP contribution in [-0.2, 0) is 14.6 Å². The fourth-order valence-corrected chi connectivity index (χ4v) is 3.18. The molecule has 0 bridgehead atoms. The molecule has 0 fully saturated rings. The summed E-state index contributed by atoms with van der Waals surface area (Å²) in [5.41, 5.74) is -1.14. The van der Waals surface area contributed by atoms with Gasteiger partial charge in [0.05, 0.1) is 22.5 Å². The SMILES string of the molecule is CC(C)(C)OC(=O)NCC(=CF)CS(=O)(=O)c1cccc(C(=O)O)c1. The molecule has 25 heavy (non-hydrogen) atoms. The smallest absolute Gasteiger partial charge is 0.407 e. The summed E-state index contributed by atoms with van der Waals surface area (Å²) < 4.78 is 42.6. The maximum atomic E-state index is 13.0. The fraction of sp³-hybridized carbons (Fsp3) is 0.375. The highest BCUT2D eigenvalue weighted by Crippen LogP contribution is 2.16. The highest BCUT2D eigenvalue weighted by molar-refractivity contribution is 7.91. The van der Waals surface area contributed by atoms with Gasteiger partial charge in [0, 0.05) is 6.54 Å². The summed E-state index contributed by atoms with van der Waals surface area (Å²) in [5.74, 6) is -1.98. The highest BCUT2D eigenvalue weighted by Gasteiger charge is 2.20. The van der Waals surface area contributed by atoms with Gasteiger partial charge in [-0.15, -0.1) is 0 Å². The van der Waals surface area contributed by atoms with E-state index in [0.717, 1.165) is 6.07 Å². The molecule has 0 aliphatic heterocycles. The fourth-order valence-electron chi connectivity index (χ4n) is 1.77. The number of carbonyl (C=O) groups is 2. The molecular weight excluding hydrogens is 353 g/mol. The normalized spacial score (nSPS) is 12.6. The number of rotatable bonds is 6. The van der Waals surface area contributed by atoms with Crippen LogP contribution in [0.4, 0.5) is 9.18 Å². The Morgan fingerprint density at radius 3 is 2.48 bits per heavy atom. The maximum absolute atomic E-state index is 13.0. The topological polar surface area (TPSA) is 110 Å². The Bertz CT molecular complexity index is 780. The summed E-state index contributed by atoms with van der Waals surface area (Å²) in [6.45, 7) is 4.60. The lowest BCUT2D eigenvalue weighted by Crippen LogP contribution is -2.34. The molecule has 1 aromatic rings. The molecule has 0 aliphatic carbocycles. The summed E-state index contributed by atoms with van der Waals surface area (Å²) in [7, 11) is -3.97. The molecule has 0 saturated carbocycles. The molecule has 2 N–H and O–H groups in total. The van der Waals surface area contributed by atoms with E-state index in [1.54, 1.807) is 20.8 Å². The molecule has 0 unspecified atom stereocenters. The van der Waals surface area contributed by atoms with Crippen LogP contribution in [0.15, 0.2) is 41.1 Å². The van der Waals surface area contributed by atoms with E-state index in [4.69, 9.17) is 9.84 Å². The van der Waals surface area contributed by atoms with Crippen molar-refractivity contribution in [1.29, 1.82) is 0 Å². The lowest BCUT2D eigenvalue weighted by molar-refractivity contribution is 0.0532. The van der Waals surface area contributed by atoms with Crippen molar-refractivity contribution in [3.05, 3.63) is 41.7 Å². The number of carboxylic acid groups (broad SMARTS) is 1. The summed E-state index contributed by atoms with van der Waals surface area (Å²) in [5, 5.41) is 11.2. The van der Waals surface area contributed by atoms with Crippen LogP contribution in [0.2, 0.25) is 0 Å². The first kappa shape index (κ1) is 20.6. The lowest BCUT2D eigenvalue weighted by Gasteiger charge is -2.20. The first-order valence-corrected chi connectivity index (χ1v) is 8.91. The first-order chi connectivity index (χ1) is 11.4. The second-order valence-corrected chi connectivity index (χ2v) is 8.20. The van der Waals surface area contributed by atoms with E-state index in [9.17, 15) is 22.4 Å². The molecule has 0 aliphatic rings. The minimum Gasteiger partial charge on any atom is -0.478 e. The number of halogens is 1. The van der Waals surface area contributed by atoms with Crippen molar-refractivity contribution >= 4 is 21.9 Å². The minimum absolute atomic E-state index is 0.0932. The van der Waals surface area contributed by atoms with E-state index in [-0.39, 0.29) is 28.9 Å². The molecule has 1 amide bonds. The van der Waals surface area contributed by atoms with Gasteiger partial charge in [-0.1, -0.05) is 6.07 Å². The zero-order chi connectivity index (χ0) is 19.3. The van der Waals surface area contributed by atoms with Crippen LogP contribution >= 0.6 is 0 Å². The summed E-state index contributed by atoms with van der Waals surface area (Å²) >= 11 is 0. The van der Waals surface area contributed by atoms with Crippen molar-refractivity contribution in [2.24, 2.45) is 0 Å². The molecule has 7 nitrogen and oxygen atoms in total. The largest absolute Gasteiger partial charge is 0.478 e. The summed E-state index contributed by atoms with van der Waals surface area (Å²) in [4.78, 5) is 22.2. The Balaban J connectivity index is 2.82. The van der Waals surface area contributed by atoms with Crippen LogP contribution in [0.25, 0.3) is 0 Å². The Kier molecular flexibility index (Phi) is 6.69. The van der Waals surface area contributed by atoms with Crippen molar-refractivity contribution in [3.8, 4) is 0 Å². The van der Waals surface area contributed by atoms with Gasteiger partial charge in [0.15, 0.2) is 9.84 Å². The highest BCUT2D eigenvalue weighted by atomic mass is 32.2. The third kappa shape index (κ3) is 6.92. The third-order valence-corrected chi connectivity index (χ3v) is 4.55. The number of alkyl carbamates (subject to hydrolysis) is 1. The third-order valence-electron chi connectivity index (χ3n) is 2.83. The molecule has 0 spiro atoms. The van der Waals surface area contributed by atoms with Gasteiger partial charge in [-0.3, -0.25) is 0 Å². The van der Waals surface area contributed by atoms with Crippen LogP contribution in [0.3, 0.4) is 0 Å². The molecule has 0 radical (unpaired) electrons. The van der Waals surface area contributed by atoms with Crippen LogP contribution in [0.1, 0.15) is 31.1 Å². The van der Waals surface area contributed by atoms with Crippen LogP contribution in [0, 0.1) is 0 Å². The average molecular weight is 373 g/mol. The van der Waals surface area contributed by atoms with Crippen molar-refractivity contribution in [2.45, 2.75) is 31.3 Å². The molecule has 0 atom stereocenters. The van der Waals surface area contributed by atoms with Crippen molar-refractivity contribution in [3.63, 3.8) is 0 Å². The molecule has 1 rings (SSSR count). The van der Waals surface area contributed by atoms with Gasteiger partial charge in [0.1, 0.15) is 5.60 Å². The molecule has 9 heteroatoms. The molecule has 0 heterocycles. The van der Waals surface area contributed by atoms with Crippen molar-refractivity contribution in [1.82, 2.24) is 5.32 Å². The van der Waals surface area contributed by atoms with Gasteiger partial charge < -0.3 is 15.2 Å². The van der Waals surface area contributed by atoms with Gasteiger partial charge in [-0.05, 0) is 44.5 Å². The standard InChI is InChI=1S/C16H20FNO6S/c1-16(2,3)24-15(21)18-9-11(8-17)10-25(22,23)13-6-4-5-12(7-13)14(19)20/h4-8H,9-10H2,1-3H3,(H,18,21)(H,19,20). The first-order valence-electron chi connectivity index (χ1n) is 7.26. The Morgan fingerprint density at radius 2 is 1.96 bits per heavy atom. The van der Waals surface area contributed by atoms with Crippen LogP contribution < -0.4 is 5.32 Å². The molecule has 138 valence electrons. The number of carboxylic acids is 1. The second-order valence-electron chi connectivity index (χ2n) is 6.21. The monoisotopic (exact) mass is 373 g/mol. The predicted molar refractivity (Wildman–Crippen MR) is 88.9 cm³/mol. The predicted octanol–water partition coefficient (Wildman–Crippen LogP) is 2.54. The number of hydrogen-bond donors (Lipinski definition) is 2. The number of aromatic carboxylic acids is 1. The van der Waals surface area contributed by atoms with Crippen molar-refractivity contribution in [2.75, 3.05) is 12.3 Å². The van der Waals surface area contributed by atoms with E-state index >= 15 is 0 Å². The number of hydrogen-bond acceptors (Lipinski definition) is 5. The molecular formula is C16H20FNO6S. The zero-order valence-electron chi connectivity index (χ0n) is 14.1. The van der Waals surface area contributed by atoms with Gasteiger partial charge in [0.25, 0.3) is 0 Å². The van der Waals surface area contributed by atoms with E-state index in [0.29, 0.717) is 0 Å². The lowest BCUT2D eigenvalue weighted by atomic mass is 10.2. The summed E-state index contributed by atoms with van der Waals surface area (Å²) in [6, 6.07) is 4.75. The Hall–Kier alpha value is -2.42. The number of carbonyl (C=O) groups excluding carboxylic acids is 1. The molecule has 0 aromatic heterocycles. The number of benzene rings is 1. The van der Waals surface area contributed by atoms with Gasteiger partial charge >= 0.3 is 12.1 Å². The number of nitrogens with one attached hydrogen (secondary N) is 1. The van der Waals surface area contributed by atoms with Gasteiger partial charge in [-0.25, -0.2) is 22.4 Å². The van der Waals surface area contributed by atoms with Crippen LogP contribution in [0.5, 0.6) is 0 Å². The maximum Gasteiger partial charge on any atom is 0.407 e. The Labute approximate surface area is 145 Å². The summed E-state index contributed by atoms with van der Waals surface area (Å²) in [6.07, 6.45) is -0.715. The average Bonchev–Trinajstić information content (AvgIpc) is 2.49. The minimum atomic E-state index is -3.97. The number of sulfone groups is 1. The van der Waals surface area contributed by atoms with E-state index in [2.05, 4.69) is 5.32 Å². The molecule has 1 aromatic carbocycles. The molecule has 0 saturated heterocycles. The van der Waals surface area contributed by atoms with Crippen molar-refractivity contribution < 1.29 is 32.2 Å². The van der Waals surface area contributed by atoms with E-state index in [1.807, 2.05) is 0 Å². The van der Waals surface area contributed by atoms with Crippen LogP contribution in [-0.4, -0.2) is 43.5 Å².